The molecule has 12 aromatic rings. The summed E-state index contributed by atoms with van der Waals surface area (Å²) in [5.41, 5.74) is 14.7. The number of rotatable bonds is 7. The Bertz CT molecular complexity index is 3890. The lowest BCUT2D eigenvalue weighted by atomic mass is 9.67. The van der Waals surface area contributed by atoms with Crippen molar-refractivity contribution in [2.75, 3.05) is 0 Å². The number of fused-ring (bicyclic) bond motifs is 8. The fraction of sp³-hybridized carbons (Fsp3) is 0.0156. The van der Waals surface area contributed by atoms with Crippen LogP contribution in [0, 0.1) is 0 Å². The number of nitrogens with zero attached hydrogens (tertiary/aromatic N) is 4. The fourth-order valence-corrected chi connectivity index (χ4v) is 10.8. The minimum Gasteiger partial charge on any atom is -0.450 e. The van der Waals surface area contributed by atoms with E-state index in [2.05, 4.69) is 211 Å². The van der Waals surface area contributed by atoms with Gasteiger partial charge in [0.1, 0.15) is 0 Å². The van der Waals surface area contributed by atoms with Crippen molar-refractivity contribution >= 4 is 21.8 Å². The van der Waals surface area contributed by atoms with Gasteiger partial charge in [-0.05, 0) is 105 Å². The van der Waals surface area contributed by atoms with Crippen molar-refractivity contribution in [3.63, 3.8) is 0 Å². The lowest BCUT2D eigenvalue weighted by molar-refractivity contribution is 0.359. The first kappa shape index (κ1) is 39.7. The Morgan fingerprint density at radius 2 is 0.771 bits per heavy atom. The first-order valence-electron chi connectivity index (χ1n) is 23.6. The molecule has 2 aromatic heterocycles. The van der Waals surface area contributed by atoms with Gasteiger partial charge in [0.2, 0.25) is 0 Å². The third-order valence-electron chi connectivity index (χ3n) is 14.0. The number of hydrogen-bond acceptors (Lipinski definition) is 5. The van der Waals surface area contributed by atoms with E-state index in [1.54, 1.807) is 0 Å². The summed E-state index contributed by atoms with van der Waals surface area (Å²) >= 11 is 0. The van der Waals surface area contributed by atoms with E-state index in [1.165, 1.54) is 49.6 Å². The predicted molar refractivity (Wildman–Crippen MR) is 280 cm³/mol. The topological polar surface area (TPSA) is 62.1 Å². The van der Waals surface area contributed by atoms with Gasteiger partial charge in [-0.25, -0.2) is 15.0 Å². The van der Waals surface area contributed by atoms with Crippen molar-refractivity contribution < 1.29 is 9.47 Å². The van der Waals surface area contributed by atoms with Crippen LogP contribution in [0.5, 0.6) is 23.0 Å². The van der Waals surface area contributed by atoms with Crippen LogP contribution < -0.4 is 9.47 Å². The van der Waals surface area contributed by atoms with Gasteiger partial charge in [-0.15, -0.1) is 0 Å². The highest BCUT2D eigenvalue weighted by atomic mass is 16.6. The standard InChI is InChI=1S/C64H40N4O2/c1-4-16-42(17-5-1)61-65-62(67-63(66-61)44-32-35-48(36-33-44)68-55-26-14-11-23-50(55)51-24-12-15-27-56(51)68)43-30-28-41(29-31-43)45-34-37-57-58(38-45)70-59-39-52-49-22-10-13-25-53(49)64(46-18-6-2-7-19-46,47-20-8-3-9-21-47)54(52)40-60(59)69-57/h1-40H. The molecule has 70 heavy (non-hydrogen) atoms. The van der Waals surface area contributed by atoms with Crippen molar-refractivity contribution in [3.05, 3.63) is 265 Å². The number of hydrogen-bond donors (Lipinski definition) is 0. The molecule has 0 fully saturated rings. The van der Waals surface area contributed by atoms with Crippen molar-refractivity contribution in [2.45, 2.75) is 5.41 Å². The Balaban J connectivity index is 0.792. The normalized spacial score (nSPS) is 12.9. The molecule has 0 saturated heterocycles. The van der Waals surface area contributed by atoms with Gasteiger partial charge in [-0.3, -0.25) is 0 Å². The average molecular weight is 897 g/mol. The van der Waals surface area contributed by atoms with Crippen LogP contribution in [-0.2, 0) is 5.41 Å². The van der Waals surface area contributed by atoms with Crippen molar-refractivity contribution in [1.82, 2.24) is 19.5 Å². The van der Waals surface area contributed by atoms with Crippen LogP contribution in [0.2, 0.25) is 0 Å². The smallest absolute Gasteiger partial charge is 0.170 e. The molecule has 328 valence electrons. The molecule has 3 heterocycles. The summed E-state index contributed by atoms with van der Waals surface area (Å²) in [6, 6.07) is 84.9. The lowest BCUT2D eigenvalue weighted by Crippen LogP contribution is -2.28. The van der Waals surface area contributed by atoms with Gasteiger partial charge >= 0.3 is 0 Å². The molecular formula is C64H40N4O2. The highest BCUT2D eigenvalue weighted by Gasteiger charge is 2.47. The SMILES string of the molecule is c1ccc(-c2nc(-c3ccc(-c4ccc5c(c4)Oc4cc6c(cc4O5)C(c4ccccc4)(c4ccccc4)c4ccccc4-6)cc3)nc(-c3ccc(-n4c5ccccc5c5ccccc54)cc3)n2)cc1. The molecule has 6 nitrogen and oxygen atoms in total. The second-order valence-corrected chi connectivity index (χ2v) is 17.9. The van der Waals surface area contributed by atoms with E-state index in [4.69, 9.17) is 24.4 Å². The summed E-state index contributed by atoms with van der Waals surface area (Å²) in [6.45, 7) is 0. The lowest BCUT2D eigenvalue weighted by Gasteiger charge is -2.34. The molecule has 0 saturated carbocycles. The summed E-state index contributed by atoms with van der Waals surface area (Å²) in [5, 5.41) is 2.46. The first-order chi connectivity index (χ1) is 34.7. The largest absolute Gasteiger partial charge is 0.450 e. The Morgan fingerprint density at radius 3 is 1.40 bits per heavy atom. The molecule has 0 N–H and O–H groups in total. The quantitative estimate of drug-likeness (QED) is 0.159. The highest BCUT2D eigenvalue weighted by molar-refractivity contribution is 6.09. The maximum absolute atomic E-state index is 6.78. The van der Waals surface area contributed by atoms with Crippen molar-refractivity contribution in [3.8, 4) is 85.1 Å². The predicted octanol–water partition coefficient (Wildman–Crippen LogP) is 15.9. The molecule has 1 aliphatic heterocycles. The molecule has 0 atom stereocenters. The summed E-state index contributed by atoms with van der Waals surface area (Å²) < 4.78 is 15.8. The number of benzene rings is 10. The summed E-state index contributed by atoms with van der Waals surface area (Å²) in [7, 11) is 0. The number of para-hydroxylation sites is 2. The minimum absolute atomic E-state index is 0.532. The molecule has 0 bridgehead atoms. The molecule has 6 heteroatoms. The van der Waals surface area contributed by atoms with Crippen LogP contribution in [0.25, 0.3) is 83.9 Å². The van der Waals surface area contributed by atoms with E-state index in [1.807, 2.05) is 36.4 Å². The molecular weight excluding hydrogens is 857 g/mol. The fourth-order valence-electron chi connectivity index (χ4n) is 10.8. The van der Waals surface area contributed by atoms with Crippen molar-refractivity contribution in [1.29, 1.82) is 0 Å². The zero-order valence-electron chi connectivity index (χ0n) is 37.7. The zero-order valence-corrected chi connectivity index (χ0v) is 37.7. The second kappa shape index (κ2) is 15.9. The van der Waals surface area contributed by atoms with Crippen LogP contribution in [-0.4, -0.2) is 19.5 Å². The zero-order chi connectivity index (χ0) is 46.2. The summed E-state index contributed by atoms with van der Waals surface area (Å²) in [5.74, 6) is 4.53. The Labute approximate surface area is 404 Å². The summed E-state index contributed by atoms with van der Waals surface area (Å²) in [4.78, 5) is 15.1. The highest BCUT2D eigenvalue weighted by Crippen LogP contribution is 2.60. The maximum atomic E-state index is 6.78. The van der Waals surface area contributed by atoms with Crippen LogP contribution in [0.1, 0.15) is 22.3 Å². The molecule has 10 aromatic carbocycles. The molecule has 0 radical (unpaired) electrons. The number of aromatic nitrogens is 4. The van der Waals surface area contributed by atoms with E-state index < -0.39 is 5.41 Å². The van der Waals surface area contributed by atoms with Gasteiger partial charge in [0.05, 0.1) is 16.4 Å². The van der Waals surface area contributed by atoms with E-state index >= 15 is 0 Å². The second-order valence-electron chi connectivity index (χ2n) is 17.9. The third kappa shape index (κ3) is 6.24. The van der Waals surface area contributed by atoms with E-state index in [-0.39, 0.29) is 0 Å². The van der Waals surface area contributed by atoms with Crippen molar-refractivity contribution in [2.24, 2.45) is 0 Å². The van der Waals surface area contributed by atoms with Gasteiger partial charge in [0.25, 0.3) is 0 Å². The van der Waals surface area contributed by atoms with Gasteiger partial charge in [-0.1, -0.05) is 182 Å². The first-order valence-corrected chi connectivity index (χ1v) is 23.6. The van der Waals surface area contributed by atoms with Gasteiger partial charge in [0, 0.05) is 33.2 Å². The minimum atomic E-state index is -0.532. The Hall–Kier alpha value is -9.39. The third-order valence-corrected chi connectivity index (χ3v) is 14.0. The van der Waals surface area contributed by atoms with E-state index in [9.17, 15) is 0 Å². The molecule has 0 spiro atoms. The molecule has 1 aliphatic carbocycles. The van der Waals surface area contributed by atoms with E-state index in [0.29, 0.717) is 40.5 Å². The molecule has 0 unspecified atom stereocenters. The number of ether oxygens (including phenoxy) is 2. The van der Waals surface area contributed by atoms with Crippen LogP contribution in [0.3, 0.4) is 0 Å². The van der Waals surface area contributed by atoms with Gasteiger partial charge in [0.15, 0.2) is 40.5 Å². The maximum Gasteiger partial charge on any atom is 0.170 e. The Kier molecular flexibility index (Phi) is 9.01. The van der Waals surface area contributed by atoms with Crippen LogP contribution in [0.15, 0.2) is 243 Å². The molecule has 0 amide bonds. The van der Waals surface area contributed by atoms with Gasteiger partial charge < -0.3 is 14.0 Å². The van der Waals surface area contributed by atoms with Gasteiger partial charge in [-0.2, -0.15) is 0 Å². The van der Waals surface area contributed by atoms with Crippen LogP contribution >= 0.6 is 0 Å². The molecule has 14 rings (SSSR count). The monoisotopic (exact) mass is 896 g/mol. The van der Waals surface area contributed by atoms with E-state index in [0.717, 1.165) is 39.1 Å². The Morgan fingerprint density at radius 1 is 0.314 bits per heavy atom. The molecule has 2 aliphatic rings. The average Bonchev–Trinajstić information content (AvgIpc) is 3.92. The van der Waals surface area contributed by atoms with Crippen LogP contribution in [0.4, 0.5) is 0 Å². The summed E-state index contributed by atoms with van der Waals surface area (Å²) in [6.07, 6.45) is 0.